The van der Waals surface area contributed by atoms with E-state index in [1.54, 1.807) is 7.05 Å². The summed E-state index contributed by atoms with van der Waals surface area (Å²) in [6.45, 7) is 2.71. The minimum atomic E-state index is -2.20. The van der Waals surface area contributed by atoms with Gasteiger partial charge in [0.15, 0.2) is 12.4 Å². The van der Waals surface area contributed by atoms with Crippen molar-refractivity contribution < 1.29 is 70.1 Å². The summed E-state index contributed by atoms with van der Waals surface area (Å²) >= 11 is 0. The zero-order valence-electron chi connectivity index (χ0n) is 32.6. The molecule has 2 bridgehead atoms. The lowest BCUT2D eigenvalue weighted by Gasteiger charge is -2.54. The van der Waals surface area contributed by atoms with Crippen LogP contribution in [0.5, 0.6) is 0 Å². The molecule has 16 nitrogen and oxygen atoms in total. The topological polar surface area (TPSA) is 270 Å². The van der Waals surface area contributed by atoms with Crippen molar-refractivity contribution in [1.29, 1.82) is 0 Å². The number of amides is 2. The van der Waals surface area contributed by atoms with Gasteiger partial charge < -0.3 is 70.8 Å². The number of fused-ring (bicyclic) bond motifs is 6. The fourth-order valence-corrected chi connectivity index (χ4v) is 11.4. The molecule has 55 heavy (non-hydrogen) atoms. The Labute approximate surface area is 323 Å². The molecule has 0 spiro atoms. The van der Waals surface area contributed by atoms with E-state index in [1.807, 2.05) is 0 Å². The van der Waals surface area contributed by atoms with Crippen LogP contribution in [0.1, 0.15) is 84.5 Å². The van der Waals surface area contributed by atoms with Crippen LogP contribution in [0.15, 0.2) is 0 Å². The van der Waals surface area contributed by atoms with Gasteiger partial charge in [0, 0.05) is 26.6 Å². The van der Waals surface area contributed by atoms with Crippen molar-refractivity contribution in [2.45, 2.75) is 152 Å². The summed E-state index contributed by atoms with van der Waals surface area (Å²) in [5, 5.41) is 106. The highest BCUT2D eigenvalue weighted by Crippen LogP contribution is 2.64. The molecular formula is C39H68N2O14. The van der Waals surface area contributed by atoms with Gasteiger partial charge in [-0.05, 0) is 105 Å². The molecule has 16 heteroatoms. The Kier molecular flexibility index (Phi) is 15.4. The lowest BCUT2D eigenvalue weighted by molar-refractivity contribution is -0.326. The van der Waals surface area contributed by atoms with Crippen molar-refractivity contribution in [2.24, 2.45) is 46.8 Å². The first kappa shape index (κ1) is 44.6. The Bertz CT molecular complexity index is 1260. The smallest absolute Gasteiger partial charge is 0.251 e. The van der Waals surface area contributed by atoms with Crippen LogP contribution in [0, 0.1) is 46.8 Å². The number of likely N-dealkylation sites (N-methyl/N-ethyl adjacent to an activating group) is 1. The van der Waals surface area contributed by atoms with E-state index in [0.29, 0.717) is 41.9 Å². The Morgan fingerprint density at radius 1 is 0.909 bits per heavy atom. The third-order valence-corrected chi connectivity index (χ3v) is 14.6. The second-order valence-electron chi connectivity index (χ2n) is 17.7. The molecule has 1 heterocycles. The minimum Gasteiger partial charge on any atom is -0.394 e. The van der Waals surface area contributed by atoms with Crippen molar-refractivity contribution in [2.75, 3.05) is 33.4 Å². The number of carbonyl (C=O) groups is 2. The molecule has 2 amide bonds. The van der Waals surface area contributed by atoms with E-state index in [1.165, 1.54) is 17.7 Å². The van der Waals surface area contributed by atoms with Crippen molar-refractivity contribution in [3.63, 3.8) is 0 Å². The van der Waals surface area contributed by atoms with Gasteiger partial charge in [0.25, 0.3) is 5.91 Å². The molecule has 9 unspecified atom stereocenters. The second kappa shape index (κ2) is 19.0. The summed E-state index contributed by atoms with van der Waals surface area (Å²) in [7, 11) is 1.61. The van der Waals surface area contributed by atoms with Gasteiger partial charge >= 0.3 is 0 Å². The molecule has 19 atom stereocenters. The molecule has 0 radical (unpaired) electrons. The largest absolute Gasteiger partial charge is 0.394 e. The van der Waals surface area contributed by atoms with Crippen molar-refractivity contribution in [3.05, 3.63) is 0 Å². The Morgan fingerprint density at radius 3 is 2.33 bits per heavy atom. The number of aliphatic hydroxyl groups is 10. The lowest BCUT2D eigenvalue weighted by atomic mass is 9.52. The normalized spacial score (nSPS) is 41.7. The number of hydrogen-bond acceptors (Lipinski definition) is 14. The Balaban J connectivity index is 1.08. The quantitative estimate of drug-likeness (QED) is 0.0878. The maximum Gasteiger partial charge on any atom is 0.251 e. The molecule has 5 rings (SSSR count). The van der Waals surface area contributed by atoms with Gasteiger partial charge in [-0.25, -0.2) is 0 Å². The molecule has 5 fully saturated rings. The van der Waals surface area contributed by atoms with E-state index in [0.717, 1.165) is 44.9 Å². The first-order valence-corrected chi connectivity index (χ1v) is 20.5. The fraction of sp³-hybridized carbons (Fsp3) is 0.949. The second-order valence-corrected chi connectivity index (χ2v) is 17.7. The van der Waals surface area contributed by atoms with Crippen molar-refractivity contribution in [1.82, 2.24) is 10.2 Å². The molecule has 5 aliphatic rings. The van der Waals surface area contributed by atoms with Crippen LogP contribution in [-0.2, 0) is 19.1 Å². The highest BCUT2D eigenvalue weighted by atomic mass is 16.7. The SMILES string of the molecule is C[C@H](CCC(=O)N(C)CCNC(=O)C(O)C(O)C(OC1OC(CO)C(O)C(O)C1O)C(O)CO)[C@H]1CC[C@H]2[C@@H]3CC[C@@H]4C[C@H](O)CC[C@H](C4)[C@H]3C[C@H](O)[C@]12C. The van der Waals surface area contributed by atoms with Gasteiger partial charge in [-0.15, -0.1) is 0 Å². The van der Waals surface area contributed by atoms with Crippen LogP contribution in [0.3, 0.4) is 0 Å². The first-order chi connectivity index (χ1) is 26.0. The summed E-state index contributed by atoms with van der Waals surface area (Å²) in [6.07, 6.45) is -7.19. The number of hydrogen-bond donors (Lipinski definition) is 11. The Hall–Kier alpha value is -1.54. The number of rotatable bonds is 15. The molecule has 4 saturated carbocycles. The van der Waals surface area contributed by atoms with Crippen LogP contribution in [0.25, 0.3) is 0 Å². The predicted octanol–water partition coefficient (Wildman–Crippen LogP) is -1.77. The van der Waals surface area contributed by atoms with E-state index in [4.69, 9.17) is 9.47 Å². The predicted molar refractivity (Wildman–Crippen MR) is 195 cm³/mol. The van der Waals surface area contributed by atoms with Crippen LogP contribution in [0.2, 0.25) is 0 Å². The van der Waals surface area contributed by atoms with E-state index in [2.05, 4.69) is 19.2 Å². The van der Waals surface area contributed by atoms with Crippen molar-refractivity contribution in [3.8, 4) is 0 Å². The zero-order chi connectivity index (χ0) is 40.4. The van der Waals surface area contributed by atoms with E-state index < -0.39 is 80.3 Å². The lowest BCUT2D eigenvalue weighted by Crippen LogP contribution is -2.62. The standard InChI is InChI=1S/C39H68N2O14/c1-19(25-9-10-26-23-8-5-20-14-21(6-7-22(44)15-20)24(23)16-29(46)39(25,26)2)4-11-30(47)41(3)13-12-40-37(53)34(51)33(50)36(27(45)17-42)55-38-35(52)32(49)31(48)28(18-43)54-38/h19-29,31-36,38,42-46,48-52H,4-18H2,1-3H3,(H,40,53)/t19-,20+,21-,22-,23-,24-,25-,26+,27?,28?,29+,31?,32?,33?,34?,35?,36?,38?,39-/m1/s1. The molecule has 318 valence electrons. The molecule has 0 aromatic carbocycles. The summed E-state index contributed by atoms with van der Waals surface area (Å²) in [5.74, 6) is 2.02. The molecule has 0 aromatic heterocycles. The number of nitrogens with one attached hydrogen (secondary N) is 1. The average Bonchev–Trinajstić information content (AvgIpc) is 3.30. The maximum atomic E-state index is 13.2. The Morgan fingerprint density at radius 2 is 1.64 bits per heavy atom. The van der Waals surface area contributed by atoms with Gasteiger partial charge in [0.05, 0.1) is 25.4 Å². The van der Waals surface area contributed by atoms with Crippen LogP contribution >= 0.6 is 0 Å². The third kappa shape index (κ3) is 9.52. The summed E-state index contributed by atoms with van der Waals surface area (Å²) in [5.41, 5.74) is -0.203. The average molecular weight is 789 g/mol. The van der Waals surface area contributed by atoms with E-state index in [-0.39, 0.29) is 42.9 Å². The maximum absolute atomic E-state index is 13.2. The van der Waals surface area contributed by atoms with Crippen LogP contribution in [-0.4, -0.2) is 168 Å². The molecular weight excluding hydrogens is 720 g/mol. The zero-order valence-corrected chi connectivity index (χ0v) is 32.6. The highest BCUT2D eigenvalue weighted by Gasteiger charge is 2.60. The van der Waals surface area contributed by atoms with Gasteiger partial charge in [-0.1, -0.05) is 20.3 Å². The van der Waals surface area contributed by atoms with Crippen molar-refractivity contribution >= 4 is 11.8 Å². The fourth-order valence-electron chi connectivity index (χ4n) is 11.4. The first-order valence-electron chi connectivity index (χ1n) is 20.5. The molecule has 0 aromatic rings. The summed E-state index contributed by atoms with van der Waals surface area (Å²) < 4.78 is 10.6. The van der Waals surface area contributed by atoms with E-state index >= 15 is 0 Å². The number of aliphatic hydroxyl groups excluding tert-OH is 10. The molecule has 1 aliphatic heterocycles. The molecule has 1 saturated heterocycles. The van der Waals surface area contributed by atoms with Gasteiger partial charge in [-0.3, -0.25) is 9.59 Å². The number of nitrogens with zero attached hydrogens (tertiary/aromatic N) is 1. The number of ether oxygens (including phenoxy) is 2. The minimum absolute atomic E-state index is 0.0842. The number of carbonyl (C=O) groups excluding carboxylic acids is 2. The van der Waals surface area contributed by atoms with E-state index in [9.17, 15) is 60.7 Å². The molecule has 4 aliphatic carbocycles. The van der Waals surface area contributed by atoms with Gasteiger partial charge in [-0.2, -0.15) is 0 Å². The summed E-state index contributed by atoms with van der Waals surface area (Å²) in [4.78, 5) is 27.5. The third-order valence-electron chi connectivity index (χ3n) is 14.6. The van der Waals surface area contributed by atoms with Crippen LogP contribution < -0.4 is 5.32 Å². The van der Waals surface area contributed by atoms with Gasteiger partial charge in [0.2, 0.25) is 5.91 Å². The summed E-state index contributed by atoms with van der Waals surface area (Å²) in [6, 6.07) is 0. The van der Waals surface area contributed by atoms with Gasteiger partial charge in [0.1, 0.15) is 42.7 Å². The monoisotopic (exact) mass is 788 g/mol. The highest BCUT2D eigenvalue weighted by molar-refractivity contribution is 5.81. The van der Waals surface area contributed by atoms with Crippen LogP contribution in [0.4, 0.5) is 0 Å². The molecule has 11 N–H and O–H groups in total.